The van der Waals surface area contributed by atoms with Crippen molar-refractivity contribution in [3.05, 3.63) is 5.69 Å². The highest BCUT2D eigenvalue weighted by atomic mass is 16.6. The number of nitrogens with two attached hydrogens (primary N) is 1. The summed E-state index contributed by atoms with van der Waals surface area (Å²) >= 11 is 0. The standard InChI is InChI=1S/C4H6N4O3/c1-10-8-4(9)2-3(5)7-11-6-2/h1H3,(H2,5,7)(H,8,9). The summed E-state index contributed by atoms with van der Waals surface area (Å²) in [5.74, 6) is -0.661. The summed E-state index contributed by atoms with van der Waals surface area (Å²) in [4.78, 5) is 15.2. The van der Waals surface area contributed by atoms with Crippen molar-refractivity contribution in [2.24, 2.45) is 0 Å². The number of anilines is 1. The molecule has 1 aromatic rings. The summed E-state index contributed by atoms with van der Waals surface area (Å²) < 4.78 is 4.17. The third-order valence-electron chi connectivity index (χ3n) is 0.924. The quantitative estimate of drug-likeness (QED) is 0.532. The number of nitrogens with zero attached hydrogens (tertiary/aromatic N) is 2. The Morgan fingerprint density at radius 1 is 1.73 bits per heavy atom. The van der Waals surface area contributed by atoms with E-state index in [0.29, 0.717) is 0 Å². The summed E-state index contributed by atoms with van der Waals surface area (Å²) in [6, 6.07) is 0. The number of hydroxylamine groups is 1. The molecule has 7 nitrogen and oxygen atoms in total. The van der Waals surface area contributed by atoms with Gasteiger partial charge in [-0.3, -0.25) is 9.63 Å². The Balaban J connectivity index is 2.76. The van der Waals surface area contributed by atoms with Gasteiger partial charge in [0.25, 0.3) is 0 Å². The van der Waals surface area contributed by atoms with Crippen molar-refractivity contribution >= 4 is 11.7 Å². The highest BCUT2D eigenvalue weighted by Gasteiger charge is 2.14. The van der Waals surface area contributed by atoms with Crippen molar-refractivity contribution in [3.63, 3.8) is 0 Å². The van der Waals surface area contributed by atoms with Gasteiger partial charge in [-0.15, -0.1) is 0 Å². The zero-order chi connectivity index (χ0) is 8.27. The third kappa shape index (κ3) is 1.44. The Hall–Kier alpha value is -1.63. The predicted octanol–water partition coefficient (Wildman–Crippen LogP) is -1.06. The number of aromatic nitrogens is 2. The minimum atomic E-state index is -0.591. The van der Waals surface area contributed by atoms with Crippen molar-refractivity contribution in [1.82, 2.24) is 15.8 Å². The predicted molar refractivity (Wildman–Crippen MR) is 33.2 cm³/mol. The van der Waals surface area contributed by atoms with Crippen LogP contribution in [-0.4, -0.2) is 23.3 Å². The average Bonchev–Trinajstić information content (AvgIpc) is 2.36. The first kappa shape index (κ1) is 7.48. The minimum Gasteiger partial charge on any atom is -0.379 e. The number of nitrogens with one attached hydrogen (secondary N) is 1. The summed E-state index contributed by atoms with van der Waals surface area (Å²) in [7, 11) is 1.29. The van der Waals surface area contributed by atoms with Gasteiger partial charge >= 0.3 is 5.91 Å². The molecule has 1 rings (SSSR count). The van der Waals surface area contributed by atoms with Crippen LogP contribution in [0.25, 0.3) is 0 Å². The molecule has 1 aromatic heterocycles. The first-order valence-corrected chi connectivity index (χ1v) is 2.67. The fourth-order valence-electron chi connectivity index (χ4n) is 0.494. The number of rotatable bonds is 2. The second-order valence-corrected chi connectivity index (χ2v) is 1.63. The molecular formula is C4H6N4O3. The second-order valence-electron chi connectivity index (χ2n) is 1.63. The Morgan fingerprint density at radius 2 is 2.45 bits per heavy atom. The Kier molecular flexibility index (Phi) is 2.02. The van der Waals surface area contributed by atoms with Crippen LogP contribution < -0.4 is 11.2 Å². The lowest BCUT2D eigenvalue weighted by Gasteiger charge is -1.95. The van der Waals surface area contributed by atoms with Gasteiger partial charge in [0, 0.05) is 0 Å². The average molecular weight is 158 g/mol. The number of amides is 1. The lowest BCUT2D eigenvalue weighted by Crippen LogP contribution is -2.23. The van der Waals surface area contributed by atoms with Gasteiger partial charge in [0.15, 0.2) is 0 Å². The molecule has 3 N–H and O–H groups in total. The van der Waals surface area contributed by atoms with Gasteiger partial charge in [-0.1, -0.05) is 0 Å². The molecule has 0 atom stereocenters. The van der Waals surface area contributed by atoms with Crippen LogP contribution in [0.4, 0.5) is 5.82 Å². The number of nitrogen functional groups attached to an aromatic ring is 1. The first-order chi connectivity index (χ1) is 5.25. The van der Waals surface area contributed by atoms with Crippen LogP contribution in [0, 0.1) is 0 Å². The minimum absolute atomic E-state index is 0.0699. The van der Waals surface area contributed by atoms with Crippen LogP contribution in [0.2, 0.25) is 0 Å². The van der Waals surface area contributed by atoms with Gasteiger partial charge in [0.05, 0.1) is 7.11 Å². The molecule has 0 saturated heterocycles. The molecule has 0 aliphatic heterocycles. The SMILES string of the molecule is CONC(=O)c1nonc1N. The molecule has 0 saturated carbocycles. The van der Waals surface area contributed by atoms with E-state index in [2.05, 4.69) is 19.8 Å². The molecule has 0 spiro atoms. The van der Waals surface area contributed by atoms with Crippen molar-refractivity contribution in [1.29, 1.82) is 0 Å². The molecule has 7 heteroatoms. The molecule has 0 aliphatic rings. The summed E-state index contributed by atoms with van der Waals surface area (Å²) in [6.45, 7) is 0. The molecule has 11 heavy (non-hydrogen) atoms. The third-order valence-corrected chi connectivity index (χ3v) is 0.924. The molecule has 0 fully saturated rings. The number of hydrogen-bond donors (Lipinski definition) is 2. The summed E-state index contributed by atoms with van der Waals surface area (Å²) in [5, 5.41) is 6.43. The van der Waals surface area contributed by atoms with Crippen LogP contribution in [0.1, 0.15) is 10.5 Å². The number of carbonyl (C=O) groups excluding carboxylic acids is 1. The van der Waals surface area contributed by atoms with Gasteiger partial charge in [-0.25, -0.2) is 10.1 Å². The van der Waals surface area contributed by atoms with E-state index in [1.807, 2.05) is 5.48 Å². The number of carbonyl (C=O) groups is 1. The molecular weight excluding hydrogens is 152 g/mol. The van der Waals surface area contributed by atoms with E-state index >= 15 is 0 Å². The zero-order valence-electron chi connectivity index (χ0n) is 5.70. The van der Waals surface area contributed by atoms with E-state index in [-0.39, 0.29) is 11.5 Å². The van der Waals surface area contributed by atoms with Crippen molar-refractivity contribution in [2.45, 2.75) is 0 Å². The molecule has 0 aliphatic carbocycles. The van der Waals surface area contributed by atoms with E-state index in [1.54, 1.807) is 0 Å². The van der Waals surface area contributed by atoms with Crippen LogP contribution in [0.15, 0.2) is 4.63 Å². The van der Waals surface area contributed by atoms with Crippen LogP contribution in [-0.2, 0) is 4.84 Å². The Labute approximate surface area is 61.4 Å². The fraction of sp³-hybridized carbons (Fsp3) is 0.250. The topological polar surface area (TPSA) is 103 Å². The Morgan fingerprint density at radius 3 is 2.91 bits per heavy atom. The molecule has 1 amide bonds. The second kappa shape index (κ2) is 2.97. The van der Waals surface area contributed by atoms with Gasteiger partial charge in [0.1, 0.15) is 0 Å². The molecule has 60 valence electrons. The van der Waals surface area contributed by atoms with E-state index in [0.717, 1.165) is 0 Å². The lowest BCUT2D eigenvalue weighted by atomic mass is 10.4. The maximum absolute atomic E-state index is 10.8. The molecule has 0 radical (unpaired) electrons. The summed E-state index contributed by atoms with van der Waals surface area (Å²) in [5.41, 5.74) is 7.10. The van der Waals surface area contributed by atoms with Crippen LogP contribution in [0.5, 0.6) is 0 Å². The maximum atomic E-state index is 10.8. The van der Waals surface area contributed by atoms with Gasteiger partial charge in [0.2, 0.25) is 11.5 Å². The molecule has 0 bridgehead atoms. The van der Waals surface area contributed by atoms with Crippen LogP contribution in [0.3, 0.4) is 0 Å². The molecule has 0 aromatic carbocycles. The lowest BCUT2D eigenvalue weighted by molar-refractivity contribution is 0.0529. The largest absolute Gasteiger partial charge is 0.379 e. The first-order valence-electron chi connectivity index (χ1n) is 2.67. The zero-order valence-corrected chi connectivity index (χ0v) is 5.70. The monoisotopic (exact) mass is 158 g/mol. The molecule has 1 heterocycles. The van der Waals surface area contributed by atoms with Crippen molar-refractivity contribution in [3.8, 4) is 0 Å². The van der Waals surface area contributed by atoms with Gasteiger partial charge in [-0.2, -0.15) is 0 Å². The highest BCUT2D eigenvalue weighted by Crippen LogP contribution is 2.02. The fourth-order valence-corrected chi connectivity index (χ4v) is 0.494. The Bertz CT molecular complexity index is 258. The van der Waals surface area contributed by atoms with Crippen LogP contribution >= 0.6 is 0 Å². The maximum Gasteiger partial charge on any atom is 0.300 e. The van der Waals surface area contributed by atoms with Crippen molar-refractivity contribution in [2.75, 3.05) is 12.8 Å². The van der Waals surface area contributed by atoms with E-state index in [1.165, 1.54) is 7.11 Å². The summed E-state index contributed by atoms with van der Waals surface area (Å²) in [6.07, 6.45) is 0. The van der Waals surface area contributed by atoms with E-state index < -0.39 is 5.91 Å². The van der Waals surface area contributed by atoms with E-state index in [9.17, 15) is 4.79 Å². The normalized spacial score (nSPS) is 9.55. The smallest absolute Gasteiger partial charge is 0.300 e. The van der Waals surface area contributed by atoms with Gasteiger partial charge < -0.3 is 5.73 Å². The van der Waals surface area contributed by atoms with Gasteiger partial charge in [-0.05, 0) is 10.3 Å². The van der Waals surface area contributed by atoms with Crippen molar-refractivity contribution < 1.29 is 14.3 Å². The number of hydrogen-bond acceptors (Lipinski definition) is 6. The molecule has 0 unspecified atom stereocenters. The van der Waals surface area contributed by atoms with E-state index in [4.69, 9.17) is 5.73 Å². The highest BCUT2D eigenvalue weighted by molar-refractivity contribution is 5.95.